The van der Waals surface area contributed by atoms with Crippen molar-refractivity contribution >= 4 is 9.84 Å². The lowest BCUT2D eigenvalue weighted by molar-refractivity contribution is 0.126. The van der Waals surface area contributed by atoms with E-state index in [1.165, 1.54) is 6.26 Å². The zero-order valence-corrected chi connectivity index (χ0v) is 11.7. The maximum atomic E-state index is 11.2. The summed E-state index contributed by atoms with van der Waals surface area (Å²) >= 11 is 0. The van der Waals surface area contributed by atoms with E-state index < -0.39 is 15.9 Å². The van der Waals surface area contributed by atoms with Crippen molar-refractivity contribution in [3.05, 3.63) is 35.9 Å². The number of aliphatic hydroxyl groups excluding tert-OH is 1. The molecule has 0 radical (unpaired) electrons. The number of nitrogens with zero attached hydrogens (tertiary/aromatic N) is 1. The summed E-state index contributed by atoms with van der Waals surface area (Å²) in [4.78, 5) is 1.96. The van der Waals surface area contributed by atoms with Gasteiger partial charge in [-0.15, -0.1) is 0 Å². The summed E-state index contributed by atoms with van der Waals surface area (Å²) < 4.78 is 22.4. The second-order valence-electron chi connectivity index (χ2n) is 4.70. The van der Waals surface area contributed by atoms with Crippen LogP contribution in [0.5, 0.6) is 0 Å². The molecule has 0 aromatic heterocycles. The Labute approximate surface area is 109 Å². The Balaban J connectivity index is 2.61. The number of sulfone groups is 1. The first-order valence-corrected chi connectivity index (χ1v) is 8.05. The number of hydrogen-bond donors (Lipinski definition) is 1. The molecule has 5 heteroatoms. The van der Waals surface area contributed by atoms with E-state index in [1.54, 1.807) is 6.92 Å². The van der Waals surface area contributed by atoms with Gasteiger partial charge in [-0.1, -0.05) is 30.3 Å². The highest BCUT2D eigenvalue weighted by molar-refractivity contribution is 7.90. The molecule has 1 N–H and O–H groups in total. The van der Waals surface area contributed by atoms with Crippen molar-refractivity contribution in [1.82, 2.24) is 4.90 Å². The molecule has 1 aromatic carbocycles. The molecule has 1 atom stereocenters. The average Bonchev–Trinajstić information content (AvgIpc) is 2.25. The summed E-state index contributed by atoms with van der Waals surface area (Å²) in [6, 6.07) is 9.84. The van der Waals surface area contributed by atoms with Crippen molar-refractivity contribution in [2.75, 3.05) is 25.1 Å². The molecule has 0 spiro atoms. The van der Waals surface area contributed by atoms with Crippen LogP contribution in [-0.4, -0.2) is 49.6 Å². The Bertz CT molecular complexity index is 443. The average molecular weight is 271 g/mol. The lowest BCUT2D eigenvalue weighted by atomic mass is 10.2. The van der Waals surface area contributed by atoms with Crippen molar-refractivity contribution in [3.63, 3.8) is 0 Å². The van der Waals surface area contributed by atoms with E-state index in [2.05, 4.69) is 0 Å². The lowest BCUT2D eigenvalue weighted by Crippen LogP contribution is -2.34. The largest absolute Gasteiger partial charge is 0.392 e. The van der Waals surface area contributed by atoms with Gasteiger partial charge >= 0.3 is 0 Å². The fourth-order valence-corrected chi connectivity index (χ4v) is 2.33. The molecule has 0 fully saturated rings. The van der Waals surface area contributed by atoms with Crippen LogP contribution in [0.1, 0.15) is 12.5 Å². The van der Waals surface area contributed by atoms with E-state index in [0.717, 1.165) is 5.56 Å². The van der Waals surface area contributed by atoms with Crippen LogP contribution in [0.25, 0.3) is 0 Å². The van der Waals surface area contributed by atoms with Gasteiger partial charge in [0.05, 0.1) is 11.9 Å². The Kier molecular flexibility index (Phi) is 5.78. The van der Waals surface area contributed by atoms with Gasteiger partial charge in [0.2, 0.25) is 0 Å². The molecule has 0 aliphatic heterocycles. The lowest BCUT2D eigenvalue weighted by Gasteiger charge is -2.23. The number of rotatable bonds is 7. The fraction of sp³-hybridized carbons (Fsp3) is 0.538. The highest BCUT2D eigenvalue weighted by Gasteiger charge is 2.12. The third-order valence-electron chi connectivity index (χ3n) is 2.55. The van der Waals surface area contributed by atoms with Gasteiger partial charge in [0, 0.05) is 25.9 Å². The molecular weight excluding hydrogens is 250 g/mol. The summed E-state index contributed by atoms with van der Waals surface area (Å²) in [5.74, 6) is 0.118. The van der Waals surface area contributed by atoms with Crippen molar-refractivity contribution in [3.8, 4) is 0 Å². The zero-order chi connectivity index (χ0) is 13.6. The predicted molar refractivity (Wildman–Crippen MR) is 73.1 cm³/mol. The van der Waals surface area contributed by atoms with Crippen molar-refractivity contribution < 1.29 is 13.5 Å². The predicted octanol–water partition coefficient (Wildman–Crippen LogP) is 0.914. The third-order valence-corrected chi connectivity index (χ3v) is 3.47. The van der Waals surface area contributed by atoms with Crippen LogP contribution in [0, 0.1) is 0 Å². The van der Waals surface area contributed by atoms with Crippen LogP contribution in [0.3, 0.4) is 0 Å². The monoisotopic (exact) mass is 271 g/mol. The van der Waals surface area contributed by atoms with Gasteiger partial charge in [-0.3, -0.25) is 4.90 Å². The molecule has 0 bridgehead atoms. The Morgan fingerprint density at radius 2 is 1.89 bits per heavy atom. The number of benzene rings is 1. The summed E-state index contributed by atoms with van der Waals surface area (Å²) in [6.45, 7) is 3.28. The van der Waals surface area contributed by atoms with Gasteiger partial charge in [0.15, 0.2) is 0 Å². The molecule has 1 aromatic rings. The van der Waals surface area contributed by atoms with Gasteiger partial charge in [-0.2, -0.15) is 0 Å². The van der Waals surface area contributed by atoms with Crippen LogP contribution in [-0.2, 0) is 16.4 Å². The van der Waals surface area contributed by atoms with Crippen LogP contribution >= 0.6 is 0 Å². The van der Waals surface area contributed by atoms with Crippen LogP contribution in [0.15, 0.2) is 30.3 Å². The molecule has 0 saturated carbocycles. The van der Waals surface area contributed by atoms with E-state index >= 15 is 0 Å². The molecule has 18 heavy (non-hydrogen) atoms. The fourth-order valence-electron chi connectivity index (χ4n) is 1.75. The van der Waals surface area contributed by atoms with Crippen molar-refractivity contribution in [1.29, 1.82) is 0 Å². The summed E-state index contributed by atoms with van der Waals surface area (Å²) in [6.07, 6.45) is 0.768. The molecule has 0 heterocycles. The molecular formula is C13H21NO3S. The third kappa shape index (κ3) is 6.74. The van der Waals surface area contributed by atoms with E-state index in [9.17, 15) is 13.5 Å². The second-order valence-corrected chi connectivity index (χ2v) is 6.96. The molecule has 1 unspecified atom stereocenters. The minimum absolute atomic E-state index is 0.118. The smallest absolute Gasteiger partial charge is 0.148 e. The van der Waals surface area contributed by atoms with E-state index in [-0.39, 0.29) is 5.75 Å². The van der Waals surface area contributed by atoms with Crippen LogP contribution in [0.4, 0.5) is 0 Å². The number of aliphatic hydroxyl groups is 1. The van der Waals surface area contributed by atoms with E-state index in [1.807, 2.05) is 35.2 Å². The summed E-state index contributed by atoms with van der Waals surface area (Å²) in [5, 5.41) is 9.44. The van der Waals surface area contributed by atoms with Gasteiger partial charge in [0.1, 0.15) is 9.84 Å². The summed E-state index contributed by atoms with van der Waals surface area (Å²) in [7, 11) is -2.97. The minimum atomic E-state index is -2.97. The highest BCUT2D eigenvalue weighted by Crippen LogP contribution is 2.05. The van der Waals surface area contributed by atoms with Gasteiger partial charge in [0.25, 0.3) is 0 Å². The molecule has 0 aliphatic rings. The Hall–Kier alpha value is -0.910. The quantitative estimate of drug-likeness (QED) is 0.801. The van der Waals surface area contributed by atoms with E-state index in [0.29, 0.717) is 19.6 Å². The van der Waals surface area contributed by atoms with Gasteiger partial charge < -0.3 is 5.11 Å². The zero-order valence-electron chi connectivity index (χ0n) is 10.9. The molecule has 0 saturated heterocycles. The van der Waals surface area contributed by atoms with Gasteiger partial charge in [-0.25, -0.2) is 8.42 Å². The molecule has 0 aliphatic carbocycles. The first kappa shape index (κ1) is 15.1. The maximum Gasteiger partial charge on any atom is 0.148 e. The molecule has 0 amide bonds. The molecule has 102 valence electrons. The standard InChI is InChI=1S/C13H21NO3S/c1-12(15)10-14(8-9-18(2,16)17)11-13-6-4-3-5-7-13/h3-7,12,15H,8-11H2,1-2H3. The second kappa shape index (κ2) is 6.87. The van der Waals surface area contributed by atoms with Crippen molar-refractivity contribution in [2.45, 2.75) is 19.6 Å². The molecule has 1 rings (SSSR count). The SMILES string of the molecule is CC(O)CN(CCS(C)(=O)=O)Cc1ccccc1. The van der Waals surface area contributed by atoms with Gasteiger partial charge in [-0.05, 0) is 12.5 Å². The molecule has 4 nitrogen and oxygen atoms in total. The Morgan fingerprint density at radius 3 is 2.39 bits per heavy atom. The number of hydrogen-bond acceptors (Lipinski definition) is 4. The Morgan fingerprint density at radius 1 is 1.28 bits per heavy atom. The van der Waals surface area contributed by atoms with Crippen molar-refractivity contribution in [2.24, 2.45) is 0 Å². The van der Waals surface area contributed by atoms with E-state index in [4.69, 9.17) is 0 Å². The van der Waals surface area contributed by atoms with Crippen LogP contribution in [0.2, 0.25) is 0 Å². The summed E-state index contributed by atoms with van der Waals surface area (Å²) in [5.41, 5.74) is 1.12. The van der Waals surface area contributed by atoms with Crippen LogP contribution < -0.4 is 0 Å². The first-order chi connectivity index (χ1) is 8.37. The topological polar surface area (TPSA) is 57.6 Å². The minimum Gasteiger partial charge on any atom is -0.392 e. The maximum absolute atomic E-state index is 11.2. The normalized spacial score (nSPS) is 13.8. The first-order valence-electron chi connectivity index (χ1n) is 5.99. The highest BCUT2D eigenvalue weighted by atomic mass is 32.2.